The number of pyridine rings is 1. The molecule has 0 radical (unpaired) electrons. The van der Waals surface area contributed by atoms with Gasteiger partial charge >= 0.3 is 0 Å². The zero-order valence-corrected chi connectivity index (χ0v) is 13.9. The van der Waals surface area contributed by atoms with Gasteiger partial charge in [-0.25, -0.2) is 13.4 Å². The van der Waals surface area contributed by atoms with Crippen LogP contribution in [0, 0.1) is 0 Å². The molecule has 0 aliphatic carbocycles. The molecule has 2 rings (SSSR count). The highest BCUT2D eigenvalue weighted by atomic mass is 32.2. The summed E-state index contributed by atoms with van der Waals surface area (Å²) in [5.41, 5.74) is 0.664. The number of sulfone groups is 1. The first kappa shape index (κ1) is 16.7. The van der Waals surface area contributed by atoms with Gasteiger partial charge in [0.1, 0.15) is 5.82 Å². The maximum Gasteiger partial charge on any atom is 0.224 e. The quantitative estimate of drug-likeness (QED) is 0.863. The SMILES string of the molecule is CCCCC(=O)Nc1ccc(N(C)C2CCS(=O)(=O)C2)nc1. The molecule has 1 N–H and O–H groups in total. The van der Waals surface area contributed by atoms with E-state index in [1.807, 2.05) is 18.9 Å². The predicted octanol–water partition coefficient (Wildman–Crippen LogP) is 1.83. The van der Waals surface area contributed by atoms with E-state index in [9.17, 15) is 13.2 Å². The van der Waals surface area contributed by atoms with Crippen LogP contribution in [-0.2, 0) is 14.6 Å². The van der Waals surface area contributed by atoms with Crippen molar-refractivity contribution in [3.05, 3.63) is 18.3 Å². The number of aromatic nitrogens is 1. The molecule has 0 saturated carbocycles. The molecule has 1 aromatic heterocycles. The maximum absolute atomic E-state index is 11.7. The lowest BCUT2D eigenvalue weighted by Crippen LogP contribution is -2.33. The number of carbonyl (C=O) groups is 1. The molecule has 0 aromatic carbocycles. The Morgan fingerprint density at radius 2 is 2.23 bits per heavy atom. The highest BCUT2D eigenvalue weighted by Crippen LogP contribution is 2.22. The van der Waals surface area contributed by atoms with Crippen LogP contribution < -0.4 is 10.2 Å². The molecule has 1 amide bonds. The zero-order valence-electron chi connectivity index (χ0n) is 13.1. The van der Waals surface area contributed by atoms with E-state index < -0.39 is 9.84 Å². The number of rotatable bonds is 6. The molecule has 122 valence electrons. The maximum atomic E-state index is 11.7. The molecule has 1 aliphatic rings. The molecule has 0 bridgehead atoms. The minimum Gasteiger partial charge on any atom is -0.356 e. The summed E-state index contributed by atoms with van der Waals surface area (Å²) in [4.78, 5) is 17.9. The molecule has 2 heterocycles. The molecule has 1 aliphatic heterocycles. The third-order valence-electron chi connectivity index (χ3n) is 3.91. The third-order valence-corrected chi connectivity index (χ3v) is 5.66. The van der Waals surface area contributed by atoms with Crippen LogP contribution >= 0.6 is 0 Å². The molecule has 7 heteroatoms. The summed E-state index contributed by atoms with van der Waals surface area (Å²) in [7, 11) is -1.05. The van der Waals surface area contributed by atoms with Gasteiger partial charge < -0.3 is 10.2 Å². The van der Waals surface area contributed by atoms with Crippen molar-refractivity contribution in [2.75, 3.05) is 28.8 Å². The van der Waals surface area contributed by atoms with E-state index in [2.05, 4.69) is 10.3 Å². The smallest absolute Gasteiger partial charge is 0.224 e. The first-order valence-electron chi connectivity index (χ1n) is 7.60. The van der Waals surface area contributed by atoms with E-state index in [1.165, 1.54) is 0 Å². The topological polar surface area (TPSA) is 79.4 Å². The van der Waals surface area contributed by atoms with Crippen molar-refractivity contribution in [2.24, 2.45) is 0 Å². The Labute approximate surface area is 131 Å². The summed E-state index contributed by atoms with van der Waals surface area (Å²) in [6.45, 7) is 2.04. The monoisotopic (exact) mass is 325 g/mol. The Kier molecular flexibility index (Phi) is 5.39. The van der Waals surface area contributed by atoms with Crippen molar-refractivity contribution < 1.29 is 13.2 Å². The van der Waals surface area contributed by atoms with Crippen LogP contribution in [0.5, 0.6) is 0 Å². The van der Waals surface area contributed by atoms with Crippen LogP contribution in [-0.4, -0.2) is 43.9 Å². The van der Waals surface area contributed by atoms with Gasteiger partial charge in [0.25, 0.3) is 0 Å². The van der Waals surface area contributed by atoms with Gasteiger partial charge in [-0.15, -0.1) is 0 Å². The van der Waals surface area contributed by atoms with Gasteiger partial charge in [-0.2, -0.15) is 0 Å². The Balaban J connectivity index is 1.95. The second-order valence-electron chi connectivity index (χ2n) is 5.72. The molecule has 1 aromatic rings. The summed E-state index contributed by atoms with van der Waals surface area (Å²) in [5.74, 6) is 1.13. The number of hydrogen-bond acceptors (Lipinski definition) is 5. The standard InChI is InChI=1S/C15H23N3O3S/c1-3-4-5-15(19)17-12-6-7-14(16-10-12)18(2)13-8-9-22(20,21)11-13/h6-7,10,13H,3-5,8-9,11H2,1-2H3,(H,17,19). The van der Waals surface area contributed by atoms with E-state index in [4.69, 9.17) is 0 Å². The number of amides is 1. The normalized spacial score (nSPS) is 19.8. The van der Waals surface area contributed by atoms with Gasteiger partial charge in [0.05, 0.1) is 23.4 Å². The molecular weight excluding hydrogens is 302 g/mol. The minimum atomic E-state index is -2.91. The van der Waals surface area contributed by atoms with Crippen molar-refractivity contribution in [1.82, 2.24) is 4.98 Å². The third kappa shape index (κ3) is 4.43. The van der Waals surface area contributed by atoms with Crippen LogP contribution in [0.4, 0.5) is 11.5 Å². The summed E-state index contributed by atoms with van der Waals surface area (Å²) in [5, 5.41) is 2.81. The number of hydrogen-bond donors (Lipinski definition) is 1. The second kappa shape index (κ2) is 7.09. The fourth-order valence-electron chi connectivity index (χ4n) is 2.50. The van der Waals surface area contributed by atoms with Gasteiger partial charge in [0, 0.05) is 19.5 Å². The van der Waals surface area contributed by atoms with Crippen LogP contribution in [0.25, 0.3) is 0 Å². The molecule has 0 spiro atoms. The van der Waals surface area contributed by atoms with E-state index in [-0.39, 0.29) is 23.5 Å². The fourth-order valence-corrected chi connectivity index (χ4v) is 4.27. The minimum absolute atomic E-state index is 0.00774. The lowest BCUT2D eigenvalue weighted by molar-refractivity contribution is -0.116. The van der Waals surface area contributed by atoms with Gasteiger partial charge in [-0.05, 0) is 25.0 Å². The summed E-state index contributed by atoms with van der Waals surface area (Å²) in [6, 6.07) is 3.58. The summed E-state index contributed by atoms with van der Waals surface area (Å²) in [6.07, 6.45) is 4.61. The number of nitrogens with one attached hydrogen (secondary N) is 1. The number of carbonyl (C=O) groups excluding carboxylic acids is 1. The first-order chi connectivity index (χ1) is 10.4. The average molecular weight is 325 g/mol. The Hall–Kier alpha value is -1.63. The summed E-state index contributed by atoms with van der Waals surface area (Å²) < 4.78 is 23.1. The van der Waals surface area contributed by atoms with Crippen LogP contribution in [0.1, 0.15) is 32.6 Å². The van der Waals surface area contributed by atoms with Crippen molar-refractivity contribution in [3.8, 4) is 0 Å². The molecule has 1 fully saturated rings. The van der Waals surface area contributed by atoms with E-state index in [0.717, 1.165) is 12.8 Å². The van der Waals surface area contributed by atoms with Crippen molar-refractivity contribution in [1.29, 1.82) is 0 Å². The van der Waals surface area contributed by atoms with Crippen LogP contribution in [0.2, 0.25) is 0 Å². The van der Waals surface area contributed by atoms with Crippen molar-refractivity contribution >= 4 is 27.2 Å². The van der Waals surface area contributed by atoms with E-state index in [1.54, 1.807) is 18.3 Å². The van der Waals surface area contributed by atoms with Crippen LogP contribution in [0.3, 0.4) is 0 Å². The lowest BCUT2D eigenvalue weighted by Gasteiger charge is -2.24. The number of anilines is 2. The molecule has 1 atom stereocenters. The second-order valence-corrected chi connectivity index (χ2v) is 7.95. The molecule has 22 heavy (non-hydrogen) atoms. The highest BCUT2D eigenvalue weighted by molar-refractivity contribution is 7.91. The Morgan fingerprint density at radius 1 is 1.45 bits per heavy atom. The molecular formula is C15H23N3O3S. The Morgan fingerprint density at radius 3 is 2.77 bits per heavy atom. The molecule has 1 saturated heterocycles. The zero-order chi connectivity index (χ0) is 16.2. The lowest BCUT2D eigenvalue weighted by atomic mass is 10.2. The number of unbranched alkanes of at least 4 members (excludes halogenated alkanes) is 1. The number of nitrogens with zero attached hydrogens (tertiary/aromatic N) is 2. The van der Waals surface area contributed by atoms with Gasteiger partial charge in [-0.1, -0.05) is 13.3 Å². The summed E-state index contributed by atoms with van der Waals surface area (Å²) >= 11 is 0. The van der Waals surface area contributed by atoms with Gasteiger partial charge in [-0.3, -0.25) is 4.79 Å². The van der Waals surface area contributed by atoms with Crippen LogP contribution in [0.15, 0.2) is 18.3 Å². The van der Waals surface area contributed by atoms with E-state index in [0.29, 0.717) is 24.3 Å². The first-order valence-corrected chi connectivity index (χ1v) is 9.42. The van der Waals surface area contributed by atoms with Gasteiger partial charge in [0.2, 0.25) is 5.91 Å². The van der Waals surface area contributed by atoms with Crippen molar-refractivity contribution in [3.63, 3.8) is 0 Å². The van der Waals surface area contributed by atoms with Gasteiger partial charge in [0.15, 0.2) is 9.84 Å². The Bertz CT molecular complexity index is 613. The largest absolute Gasteiger partial charge is 0.356 e. The molecule has 6 nitrogen and oxygen atoms in total. The van der Waals surface area contributed by atoms with E-state index >= 15 is 0 Å². The molecule has 1 unspecified atom stereocenters. The van der Waals surface area contributed by atoms with Crippen molar-refractivity contribution in [2.45, 2.75) is 38.6 Å². The fraction of sp³-hybridized carbons (Fsp3) is 0.600. The highest BCUT2D eigenvalue weighted by Gasteiger charge is 2.31. The predicted molar refractivity (Wildman–Crippen MR) is 87.9 cm³/mol. The average Bonchev–Trinajstić information content (AvgIpc) is 2.85.